The molecule has 2 amide bonds. The Kier molecular flexibility index (Phi) is 11.5. The summed E-state index contributed by atoms with van der Waals surface area (Å²) in [7, 11) is -2.08. The highest BCUT2D eigenvalue weighted by atomic mass is 32.2. The van der Waals surface area contributed by atoms with Gasteiger partial charge in [0, 0.05) is 24.3 Å². The number of rotatable bonds is 13. The monoisotopic (exact) mass is 692 g/mol. The van der Waals surface area contributed by atoms with Gasteiger partial charge in [0.2, 0.25) is 15.9 Å². The molecule has 1 aliphatic heterocycles. The third-order valence-electron chi connectivity index (χ3n) is 7.51. The van der Waals surface area contributed by atoms with Crippen LogP contribution in [-0.4, -0.2) is 77.8 Å². The summed E-state index contributed by atoms with van der Waals surface area (Å²) in [5.41, 5.74) is 1.79. The Morgan fingerprint density at radius 3 is 2.27 bits per heavy atom. The number of amides is 2. The number of sulfonamides is 1. The van der Waals surface area contributed by atoms with Crippen LogP contribution in [-0.2, 0) is 26.1 Å². The Labute approximate surface area is 283 Å². The van der Waals surface area contributed by atoms with Crippen LogP contribution in [0.15, 0.2) is 82.8 Å². The number of nitrogens with one attached hydrogen (secondary N) is 2. The molecule has 1 saturated heterocycles. The van der Waals surface area contributed by atoms with E-state index >= 15 is 0 Å². The Bertz CT molecular complexity index is 1860. The van der Waals surface area contributed by atoms with Gasteiger partial charge in [0.1, 0.15) is 5.75 Å². The highest BCUT2D eigenvalue weighted by Crippen LogP contribution is 2.29. The van der Waals surface area contributed by atoms with E-state index in [1.54, 1.807) is 41.8 Å². The average Bonchev–Trinajstić information content (AvgIpc) is 3.53. The van der Waals surface area contributed by atoms with Crippen LogP contribution in [0.3, 0.4) is 0 Å². The van der Waals surface area contributed by atoms with Gasteiger partial charge in [0.15, 0.2) is 11.0 Å². The summed E-state index contributed by atoms with van der Waals surface area (Å²) in [5, 5.41) is 14.6. The number of hydrogen-bond acceptors (Lipinski definition) is 10. The van der Waals surface area contributed by atoms with Crippen LogP contribution in [0, 0.1) is 0 Å². The molecule has 2 heterocycles. The number of carbonyl (C=O) groups excluding carboxylic acids is 3. The number of anilines is 1. The number of carbonyl (C=O) groups is 3. The van der Waals surface area contributed by atoms with E-state index in [9.17, 15) is 22.8 Å². The molecule has 0 spiro atoms. The molecule has 48 heavy (non-hydrogen) atoms. The largest absolute Gasteiger partial charge is 0.495 e. The second-order valence-electron chi connectivity index (χ2n) is 10.7. The van der Waals surface area contributed by atoms with Gasteiger partial charge < -0.3 is 20.1 Å². The highest BCUT2D eigenvalue weighted by molar-refractivity contribution is 7.99. The lowest BCUT2D eigenvalue weighted by molar-refractivity contribution is -0.113. The lowest BCUT2D eigenvalue weighted by atomic mass is 10.2. The zero-order valence-electron chi connectivity index (χ0n) is 26.5. The first kappa shape index (κ1) is 34.6. The SMILES string of the molecule is CCOC(=O)c1ccc(NC(=O)CSc2nnc(CNC(=O)c3ccc(S(=O)(=O)N4CCCCC4)cc3)n2-c2ccccc2OC)cc1. The van der Waals surface area contributed by atoms with Crippen molar-refractivity contribution >= 4 is 45.3 Å². The minimum Gasteiger partial charge on any atom is -0.495 e. The number of methoxy groups -OCH3 is 1. The number of nitrogens with zero attached hydrogens (tertiary/aromatic N) is 4. The van der Waals surface area contributed by atoms with E-state index in [0.29, 0.717) is 46.8 Å². The van der Waals surface area contributed by atoms with Crippen molar-refractivity contribution in [3.63, 3.8) is 0 Å². The third kappa shape index (κ3) is 8.21. The van der Waals surface area contributed by atoms with Crippen LogP contribution < -0.4 is 15.4 Å². The van der Waals surface area contributed by atoms with E-state index in [1.807, 2.05) is 18.2 Å². The van der Waals surface area contributed by atoms with Crippen molar-refractivity contribution in [1.82, 2.24) is 24.4 Å². The van der Waals surface area contributed by atoms with Gasteiger partial charge in [-0.05, 0) is 80.4 Å². The number of ether oxygens (including phenoxy) is 2. The molecule has 13 nitrogen and oxygen atoms in total. The van der Waals surface area contributed by atoms with Gasteiger partial charge in [-0.15, -0.1) is 10.2 Å². The topological polar surface area (TPSA) is 162 Å². The molecule has 15 heteroatoms. The van der Waals surface area contributed by atoms with E-state index in [4.69, 9.17) is 9.47 Å². The molecule has 3 aromatic carbocycles. The van der Waals surface area contributed by atoms with Gasteiger partial charge >= 0.3 is 5.97 Å². The molecule has 0 saturated carbocycles. The summed E-state index contributed by atoms with van der Waals surface area (Å²) < 4.78 is 39.8. The molecule has 0 bridgehead atoms. The van der Waals surface area contributed by atoms with Crippen molar-refractivity contribution in [2.45, 2.75) is 42.8 Å². The Hall–Kier alpha value is -4.73. The first-order valence-corrected chi connectivity index (χ1v) is 17.8. The van der Waals surface area contributed by atoms with E-state index in [2.05, 4.69) is 20.8 Å². The van der Waals surface area contributed by atoms with Gasteiger partial charge in [-0.1, -0.05) is 30.3 Å². The summed E-state index contributed by atoms with van der Waals surface area (Å²) in [4.78, 5) is 38.0. The fraction of sp³-hybridized carbons (Fsp3) is 0.303. The molecule has 1 aromatic heterocycles. The molecule has 1 aliphatic rings. The Morgan fingerprint density at radius 1 is 0.896 bits per heavy atom. The fourth-order valence-electron chi connectivity index (χ4n) is 5.09. The third-order valence-corrected chi connectivity index (χ3v) is 10.4. The number of benzene rings is 3. The summed E-state index contributed by atoms with van der Waals surface area (Å²) in [6.07, 6.45) is 2.68. The first-order chi connectivity index (χ1) is 23.2. The second-order valence-corrected chi connectivity index (χ2v) is 13.6. The highest BCUT2D eigenvalue weighted by Gasteiger charge is 2.26. The molecule has 4 aromatic rings. The molecule has 0 atom stereocenters. The molecule has 2 N–H and O–H groups in total. The lowest BCUT2D eigenvalue weighted by Crippen LogP contribution is -2.35. The summed E-state index contributed by atoms with van der Waals surface area (Å²) in [6, 6.07) is 19.5. The van der Waals surface area contributed by atoms with Gasteiger partial charge in [0.05, 0.1) is 42.2 Å². The second kappa shape index (κ2) is 15.9. The van der Waals surface area contributed by atoms with Crippen LogP contribution in [0.25, 0.3) is 5.69 Å². The van der Waals surface area contributed by atoms with E-state index in [-0.39, 0.29) is 35.3 Å². The van der Waals surface area contributed by atoms with Gasteiger partial charge in [-0.2, -0.15) is 4.31 Å². The van der Waals surface area contributed by atoms with Gasteiger partial charge in [-0.3, -0.25) is 14.2 Å². The Balaban J connectivity index is 1.27. The predicted octanol–water partition coefficient (Wildman–Crippen LogP) is 4.29. The van der Waals surface area contributed by atoms with E-state index < -0.39 is 21.9 Å². The minimum absolute atomic E-state index is 0.00798. The van der Waals surface area contributed by atoms with Crippen LogP contribution in [0.2, 0.25) is 0 Å². The van der Waals surface area contributed by atoms with E-state index in [1.165, 1.54) is 35.7 Å². The molecular formula is C33H36N6O7S2. The summed E-state index contributed by atoms with van der Waals surface area (Å²) in [5.74, 6) is -0.261. The number of aromatic nitrogens is 3. The fourth-order valence-corrected chi connectivity index (χ4v) is 7.37. The normalized spacial score (nSPS) is 13.5. The first-order valence-electron chi connectivity index (χ1n) is 15.4. The minimum atomic E-state index is -3.62. The number of hydrogen-bond donors (Lipinski definition) is 2. The number of thioether (sulfide) groups is 1. The standard InChI is InChI=1S/C33H36N6O7S2/c1-3-46-32(42)24-11-15-25(16-12-24)35-30(40)22-47-33-37-36-29(39(33)27-9-5-6-10-28(27)45-2)21-34-31(41)23-13-17-26(18-14-23)48(43,44)38-19-7-4-8-20-38/h5-6,9-18H,3-4,7-8,19-22H2,1-2H3,(H,34,41)(H,35,40). The molecule has 0 aliphatic carbocycles. The van der Waals surface area contributed by atoms with Crippen LogP contribution >= 0.6 is 11.8 Å². The van der Waals surface area contributed by atoms with Crippen molar-refractivity contribution < 1.29 is 32.3 Å². The predicted molar refractivity (Wildman–Crippen MR) is 180 cm³/mol. The van der Waals surface area contributed by atoms with Crippen LogP contribution in [0.4, 0.5) is 5.69 Å². The van der Waals surface area contributed by atoms with Crippen LogP contribution in [0.5, 0.6) is 5.75 Å². The molecular weight excluding hydrogens is 657 g/mol. The maximum atomic E-state index is 13.1. The number of piperidine rings is 1. The molecule has 0 radical (unpaired) electrons. The van der Waals surface area contributed by atoms with Crippen molar-refractivity contribution in [1.29, 1.82) is 0 Å². The van der Waals surface area contributed by atoms with Gasteiger partial charge in [0.25, 0.3) is 5.91 Å². The quantitative estimate of drug-likeness (QED) is 0.153. The van der Waals surface area contributed by atoms with Crippen LogP contribution in [0.1, 0.15) is 52.7 Å². The van der Waals surface area contributed by atoms with Gasteiger partial charge in [-0.25, -0.2) is 13.2 Å². The van der Waals surface area contributed by atoms with Crippen molar-refractivity contribution in [2.24, 2.45) is 0 Å². The number of para-hydroxylation sites is 2. The smallest absolute Gasteiger partial charge is 0.338 e. The average molecular weight is 693 g/mol. The van der Waals surface area contributed by atoms with Crippen molar-refractivity contribution in [2.75, 3.05) is 37.9 Å². The lowest BCUT2D eigenvalue weighted by Gasteiger charge is -2.25. The molecule has 252 valence electrons. The zero-order chi connectivity index (χ0) is 34.1. The summed E-state index contributed by atoms with van der Waals surface area (Å²) in [6.45, 7) is 2.97. The molecule has 0 unspecified atom stereocenters. The number of esters is 1. The summed E-state index contributed by atoms with van der Waals surface area (Å²) >= 11 is 1.14. The molecule has 1 fully saturated rings. The molecule has 5 rings (SSSR count). The maximum absolute atomic E-state index is 13.1. The maximum Gasteiger partial charge on any atom is 0.338 e. The zero-order valence-corrected chi connectivity index (χ0v) is 28.2. The Morgan fingerprint density at radius 2 is 1.58 bits per heavy atom. The van der Waals surface area contributed by atoms with Crippen molar-refractivity contribution in [3.8, 4) is 11.4 Å². The van der Waals surface area contributed by atoms with Crippen molar-refractivity contribution in [3.05, 3.63) is 89.7 Å². The van der Waals surface area contributed by atoms with E-state index in [0.717, 1.165) is 31.0 Å².